The SMILES string of the molecule is O=C(Nc1cccc(Cl)c1)c1cc2occc2[nH]1. The quantitative estimate of drug-likeness (QED) is 0.739. The summed E-state index contributed by atoms with van der Waals surface area (Å²) >= 11 is 5.85. The van der Waals surface area contributed by atoms with E-state index >= 15 is 0 Å². The lowest BCUT2D eigenvalue weighted by Crippen LogP contribution is -2.12. The molecule has 5 heteroatoms. The van der Waals surface area contributed by atoms with Gasteiger partial charge in [-0.05, 0) is 18.2 Å². The average Bonchev–Trinajstić information content (AvgIpc) is 2.88. The average molecular weight is 261 g/mol. The second-order valence-electron chi connectivity index (χ2n) is 3.85. The lowest BCUT2D eigenvalue weighted by Gasteiger charge is -2.03. The Bertz CT molecular complexity index is 686. The maximum atomic E-state index is 12.0. The Balaban J connectivity index is 1.85. The number of hydrogen-bond donors (Lipinski definition) is 2. The van der Waals surface area contributed by atoms with Crippen LogP contribution < -0.4 is 5.32 Å². The molecule has 2 aromatic heterocycles. The number of anilines is 1. The zero-order valence-electron chi connectivity index (χ0n) is 9.24. The highest BCUT2D eigenvalue weighted by atomic mass is 35.5. The van der Waals surface area contributed by atoms with Crippen molar-refractivity contribution in [2.24, 2.45) is 0 Å². The summed E-state index contributed by atoms with van der Waals surface area (Å²) in [5.41, 5.74) is 2.56. The van der Waals surface area contributed by atoms with Crippen LogP contribution in [0, 0.1) is 0 Å². The van der Waals surface area contributed by atoms with E-state index < -0.39 is 0 Å². The van der Waals surface area contributed by atoms with Gasteiger partial charge in [-0.1, -0.05) is 17.7 Å². The van der Waals surface area contributed by atoms with Gasteiger partial charge in [-0.2, -0.15) is 0 Å². The summed E-state index contributed by atoms with van der Waals surface area (Å²) in [6.45, 7) is 0. The maximum absolute atomic E-state index is 12.0. The van der Waals surface area contributed by atoms with Crippen LogP contribution in [-0.4, -0.2) is 10.9 Å². The highest BCUT2D eigenvalue weighted by Crippen LogP contribution is 2.18. The molecule has 0 fully saturated rings. The first-order valence-corrected chi connectivity index (χ1v) is 5.73. The summed E-state index contributed by atoms with van der Waals surface area (Å²) in [6, 6.07) is 10.4. The third-order valence-corrected chi connectivity index (χ3v) is 2.80. The lowest BCUT2D eigenvalue weighted by atomic mass is 10.3. The summed E-state index contributed by atoms with van der Waals surface area (Å²) in [6.07, 6.45) is 1.57. The molecule has 0 aliphatic rings. The van der Waals surface area contributed by atoms with Gasteiger partial charge in [0.05, 0.1) is 11.8 Å². The minimum absolute atomic E-state index is 0.233. The molecule has 0 aliphatic heterocycles. The third kappa shape index (κ3) is 1.98. The molecular formula is C13H9ClN2O2. The van der Waals surface area contributed by atoms with E-state index in [4.69, 9.17) is 16.0 Å². The number of rotatable bonds is 2. The molecule has 0 radical (unpaired) electrons. The van der Waals surface area contributed by atoms with E-state index in [-0.39, 0.29) is 5.91 Å². The zero-order valence-corrected chi connectivity index (χ0v) is 9.99. The molecule has 0 aliphatic carbocycles. The van der Waals surface area contributed by atoms with Crippen molar-refractivity contribution in [3.63, 3.8) is 0 Å². The summed E-state index contributed by atoms with van der Waals surface area (Å²) in [7, 11) is 0. The van der Waals surface area contributed by atoms with Crippen molar-refractivity contribution in [1.82, 2.24) is 4.98 Å². The number of fused-ring (bicyclic) bond motifs is 1. The summed E-state index contributed by atoms with van der Waals surface area (Å²) in [5, 5.41) is 3.33. The summed E-state index contributed by atoms with van der Waals surface area (Å²) in [5.74, 6) is -0.233. The van der Waals surface area contributed by atoms with E-state index in [2.05, 4.69) is 10.3 Å². The number of aromatic amines is 1. The predicted molar refractivity (Wildman–Crippen MR) is 70.0 cm³/mol. The largest absolute Gasteiger partial charge is 0.463 e. The molecule has 1 aromatic carbocycles. The molecule has 18 heavy (non-hydrogen) atoms. The number of nitrogens with one attached hydrogen (secondary N) is 2. The number of benzene rings is 1. The van der Waals surface area contributed by atoms with Crippen molar-refractivity contribution < 1.29 is 9.21 Å². The number of carbonyl (C=O) groups excluding carboxylic acids is 1. The first kappa shape index (κ1) is 10.9. The van der Waals surface area contributed by atoms with Gasteiger partial charge in [-0.15, -0.1) is 0 Å². The third-order valence-electron chi connectivity index (χ3n) is 2.57. The van der Waals surface area contributed by atoms with Gasteiger partial charge in [0.1, 0.15) is 5.69 Å². The maximum Gasteiger partial charge on any atom is 0.272 e. The van der Waals surface area contributed by atoms with Crippen LogP contribution in [-0.2, 0) is 0 Å². The Morgan fingerprint density at radius 2 is 2.17 bits per heavy atom. The van der Waals surface area contributed by atoms with Gasteiger partial charge in [0.15, 0.2) is 5.58 Å². The Morgan fingerprint density at radius 1 is 1.28 bits per heavy atom. The topological polar surface area (TPSA) is 58.0 Å². The van der Waals surface area contributed by atoms with Crippen LogP contribution in [0.1, 0.15) is 10.5 Å². The Morgan fingerprint density at radius 3 is 2.94 bits per heavy atom. The lowest BCUT2D eigenvalue weighted by molar-refractivity contribution is 0.102. The van der Waals surface area contributed by atoms with Crippen molar-refractivity contribution in [3.8, 4) is 0 Å². The Hall–Kier alpha value is -2.20. The van der Waals surface area contributed by atoms with Gasteiger partial charge in [0.2, 0.25) is 0 Å². The first-order valence-electron chi connectivity index (χ1n) is 5.35. The predicted octanol–water partition coefficient (Wildman–Crippen LogP) is 3.67. The molecule has 3 aromatic rings. The molecule has 0 unspecified atom stereocenters. The van der Waals surface area contributed by atoms with Crippen molar-refractivity contribution in [2.45, 2.75) is 0 Å². The second-order valence-corrected chi connectivity index (χ2v) is 4.28. The van der Waals surface area contributed by atoms with Gasteiger partial charge in [-0.25, -0.2) is 0 Å². The number of aromatic nitrogens is 1. The van der Waals surface area contributed by atoms with Crippen LogP contribution in [0.5, 0.6) is 0 Å². The highest BCUT2D eigenvalue weighted by molar-refractivity contribution is 6.30. The van der Waals surface area contributed by atoms with Gasteiger partial charge in [-0.3, -0.25) is 4.79 Å². The molecule has 0 atom stereocenters. The van der Waals surface area contributed by atoms with Crippen LogP contribution in [0.25, 0.3) is 11.1 Å². The van der Waals surface area contributed by atoms with E-state index in [1.54, 1.807) is 42.7 Å². The van der Waals surface area contributed by atoms with Gasteiger partial charge >= 0.3 is 0 Å². The minimum atomic E-state index is -0.233. The second kappa shape index (κ2) is 4.23. The van der Waals surface area contributed by atoms with Crippen LogP contribution in [0.3, 0.4) is 0 Å². The molecule has 2 heterocycles. The normalized spacial score (nSPS) is 10.7. The van der Waals surface area contributed by atoms with E-state index in [1.165, 1.54) is 0 Å². The van der Waals surface area contributed by atoms with Gasteiger partial charge in [0.25, 0.3) is 5.91 Å². The van der Waals surface area contributed by atoms with Crippen molar-refractivity contribution >= 4 is 34.3 Å². The number of furan rings is 1. The molecular weight excluding hydrogens is 252 g/mol. The monoisotopic (exact) mass is 260 g/mol. The molecule has 1 amide bonds. The first-order chi connectivity index (χ1) is 8.72. The molecule has 4 nitrogen and oxygen atoms in total. The summed E-state index contributed by atoms with van der Waals surface area (Å²) in [4.78, 5) is 14.9. The minimum Gasteiger partial charge on any atom is -0.463 e. The van der Waals surface area contributed by atoms with Crippen LogP contribution in [0.2, 0.25) is 5.02 Å². The van der Waals surface area contributed by atoms with Crippen LogP contribution in [0.4, 0.5) is 5.69 Å². The van der Waals surface area contributed by atoms with Gasteiger partial charge in [0, 0.05) is 22.8 Å². The van der Waals surface area contributed by atoms with Crippen LogP contribution >= 0.6 is 11.6 Å². The molecule has 0 bridgehead atoms. The van der Waals surface area contributed by atoms with Crippen molar-refractivity contribution in [2.75, 3.05) is 5.32 Å². The highest BCUT2D eigenvalue weighted by Gasteiger charge is 2.11. The van der Waals surface area contributed by atoms with E-state index in [9.17, 15) is 4.79 Å². The molecule has 3 rings (SSSR count). The van der Waals surface area contributed by atoms with E-state index in [0.29, 0.717) is 22.0 Å². The van der Waals surface area contributed by atoms with Crippen LogP contribution in [0.15, 0.2) is 47.1 Å². The zero-order chi connectivity index (χ0) is 12.5. The Labute approximate surface area is 108 Å². The molecule has 90 valence electrons. The number of H-pyrrole nitrogens is 1. The fraction of sp³-hybridized carbons (Fsp3) is 0. The Kier molecular flexibility index (Phi) is 2.57. The number of halogens is 1. The molecule has 0 spiro atoms. The smallest absolute Gasteiger partial charge is 0.272 e. The molecule has 0 saturated heterocycles. The van der Waals surface area contributed by atoms with Crippen molar-refractivity contribution in [1.29, 1.82) is 0 Å². The number of carbonyl (C=O) groups is 1. The fourth-order valence-electron chi connectivity index (χ4n) is 1.74. The fourth-order valence-corrected chi connectivity index (χ4v) is 1.93. The molecule has 0 saturated carbocycles. The van der Waals surface area contributed by atoms with Gasteiger partial charge < -0.3 is 14.7 Å². The van der Waals surface area contributed by atoms with E-state index in [0.717, 1.165) is 5.52 Å². The number of amides is 1. The molecule has 2 N–H and O–H groups in total. The number of hydrogen-bond acceptors (Lipinski definition) is 2. The van der Waals surface area contributed by atoms with E-state index in [1.807, 2.05) is 0 Å². The standard InChI is InChI=1S/C13H9ClN2O2/c14-8-2-1-3-9(6-8)15-13(17)11-7-12-10(16-11)4-5-18-12/h1-7,16H,(H,15,17). The summed E-state index contributed by atoms with van der Waals surface area (Å²) < 4.78 is 5.19. The van der Waals surface area contributed by atoms with Crippen molar-refractivity contribution in [3.05, 3.63) is 53.4 Å².